The van der Waals surface area contributed by atoms with Crippen LogP contribution in [0.2, 0.25) is 0 Å². The Kier molecular flexibility index (Phi) is 8.86. The number of carbonyl (C=O) groups excluding carboxylic acids is 1. The summed E-state index contributed by atoms with van der Waals surface area (Å²) < 4.78 is 67.2. The normalized spacial score (nSPS) is 43.2. The summed E-state index contributed by atoms with van der Waals surface area (Å²) in [6.07, 6.45) is 3.58. The van der Waals surface area contributed by atoms with Gasteiger partial charge < -0.3 is 15.5 Å². The number of amides is 1. The summed E-state index contributed by atoms with van der Waals surface area (Å²) in [5, 5.41) is 25.7. The maximum Gasteiger partial charge on any atom is 0.397 e. The molecular weight excluding hydrogens is 550 g/mol. The summed E-state index contributed by atoms with van der Waals surface area (Å²) in [6.45, 7) is 6.29. The van der Waals surface area contributed by atoms with Crippen molar-refractivity contribution in [3.05, 3.63) is 0 Å². The molecule has 0 unspecified atom stereocenters. The van der Waals surface area contributed by atoms with Crippen LogP contribution in [0.4, 0.5) is 0 Å². The standard InChI is InChI=1S/C26H45NO10S2/c1-15(4-7-23(30)27-10-11-38(31,32)33)18-5-6-19-24-20(14-22(29)26(18,19)3)25(2)9-8-17(37-39(34,35)36)12-16(25)13-21(24)28/h15-22,24,28-29H,4-14H2,1-3H3,(H,27,30)(H,31,32,33)(H,34,35,36)/t15-,16+,17-,18-,19+,20+,21+,22+,24+,25+,26-/m1/s1. The summed E-state index contributed by atoms with van der Waals surface area (Å²) >= 11 is 0. The molecule has 39 heavy (non-hydrogen) atoms. The number of hydrogen-bond donors (Lipinski definition) is 5. The fraction of sp³-hybridized carbons (Fsp3) is 0.962. The minimum Gasteiger partial charge on any atom is -0.393 e. The van der Waals surface area contributed by atoms with Crippen molar-refractivity contribution < 1.29 is 45.1 Å². The van der Waals surface area contributed by atoms with Crippen LogP contribution in [0.5, 0.6) is 0 Å². The molecule has 0 heterocycles. The molecule has 0 saturated heterocycles. The Morgan fingerprint density at radius 1 is 1.03 bits per heavy atom. The van der Waals surface area contributed by atoms with Crippen molar-refractivity contribution in [3.63, 3.8) is 0 Å². The minimum absolute atomic E-state index is 0.0274. The van der Waals surface area contributed by atoms with Gasteiger partial charge in [0, 0.05) is 13.0 Å². The molecule has 4 aliphatic rings. The van der Waals surface area contributed by atoms with Crippen LogP contribution in [0.25, 0.3) is 0 Å². The molecule has 4 fully saturated rings. The second-order valence-electron chi connectivity index (χ2n) is 13.2. The van der Waals surface area contributed by atoms with Crippen LogP contribution < -0.4 is 5.32 Å². The predicted octanol–water partition coefficient (Wildman–Crippen LogP) is 2.20. The predicted molar refractivity (Wildman–Crippen MR) is 142 cm³/mol. The zero-order valence-corrected chi connectivity index (χ0v) is 24.7. The Morgan fingerprint density at radius 3 is 2.36 bits per heavy atom. The van der Waals surface area contributed by atoms with Gasteiger partial charge in [-0.15, -0.1) is 0 Å². The zero-order chi connectivity index (χ0) is 29.0. The van der Waals surface area contributed by atoms with Crippen LogP contribution in [0.3, 0.4) is 0 Å². The Labute approximate surface area is 232 Å². The fourth-order valence-corrected chi connectivity index (χ4v) is 10.2. The first-order chi connectivity index (χ1) is 18.0. The number of carbonyl (C=O) groups is 1. The quantitative estimate of drug-likeness (QED) is 0.247. The van der Waals surface area contributed by atoms with E-state index in [-0.39, 0.29) is 59.8 Å². The Hall–Kier alpha value is -0.830. The summed E-state index contributed by atoms with van der Waals surface area (Å²) in [5.74, 6) is -0.223. The van der Waals surface area contributed by atoms with Crippen LogP contribution in [-0.2, 0) is 29.5 Å². The zero-order valence-electron chi connectivity index (χ0n) is 23.0. The first kappa shape index (κ1) is 31.1. The monoisotopic (exact) mass is 595 g/mol. The molecule has 1 amide bonds. The first-order valence-electron chi connectivity index (χ1n) is 14.2. The average Bonchev–Trinajstić information content (AvgIpc) is 3.16. The largest absolute Gasteiger partial charge is 0.397 e. The lowest BCUT2D eigenvalue weighted by Crippen LogP contribution is -2.62. The van der Waals surface area contributed by atoms with E-state index >= 15 is 0 Å². The van der Waals surface area contributed by atoms with Crippen molar-refractivity contribution in [2.24, 2.45) is 46.3 Å². The van der Waals surface area contributed by atoms with Crippen molar-refractivity contribution in [3.8, 4) is 0 Å². The highest BCUT2D eigenvalue weighted by Gasteiger charge is 2.65. The van der Waals surface area contributed by atoms with Crippen molar-refractivity contribution >= 4 is 26.4 Å². The fourth-order valence-electron chi connectivity index (χ4n) is 9.34. The molecule has 4 saturated carbocycles. The third kappa shape index (κ3) is 6.34. The van der Waals surface area contributed by atoms with E-state index in [9.17, 15) is 31.8 Å². The lowest BCUT2D eigenvalue weighted by molar-refractivity contribution is -0.206. The molecule has 0 bridgehead atoms. The summed E-state index contributed by atoms with van der Waals surface area (Å²) in [6, 6.07) is 0. The van der Waals surface area contributed by atoms with Crippen LogP contribution in [0.15, 0.2) is 0 Å². The van der Waals surface area contributed by atoms with Gasteiger partial charge in [-0.1, -0.05) is 20.8 Å². The highest BCUT2D eigenvalue weighted by Crippen LogP contribution is 2.68. The molecule has 13 heteroatoms. The van der Waals surface area contributed by atoms with Gasteiger partial charge in [0.25, 0.3) is 10.1 Å². The molecule has 0 aromatic rings. The minimum atomic E-state index is -4.54. The molecule has 5 N–H and O–H groups in total. The number of aliphatic hydroxyl groups is 2. The molecule has 0 aromatic heterocycles. The molecule has 0 aliphatic heterocycles. The van der Waals surface area contributed by atoms with Crippen molar-refractivity contribution in [2.45, 2.75) is 96.9 Å². The van der Waals surface area contributed by atoms with Gasteiger partial charge in [0.2, 0.25) is 5.91 Å². The van der Waals surface area contributed by atoms with Gasteiger partial charge in [-0.05, 0) is 97.7 Å². The highest BCUT2D eigenvalue weighted by atomic mass is 32.3. The smallest absolute Gasteiger partial charge is 0.393 e. The van der Waals surface area contributed by atoms with E-state index in [0.29, 0.717) is 38.5 Å². The van der Waals surface area contributed by atoms with Gasteiger partial charge in [0.05, 0.1) is 24.1 Å². The van der Waals surface area contributed by atoms with Crippen LogP contribution >= 0.6 is 0 Å². The molecule has 11 nitrogen and oxygen atoms in total. The number of nitrogens with one attached hydrogen (secondary N) is 1. The van der Waals surface area contributed by atoms with E-state index in [1.54, 1.807) is 0 Å². The summed E-state index contributed by atoms with van der Waals surface area (Å²) in [7, 11) is -8.68. The van der Waals surface area contributed by atoms with E-state index in [1.807, 2.05) is 0 Å². The maximum atomic E-state index is 12.2. The van der Waals surface area contributed by atoms with Crippen LogP contribution in [0, 0.1) is 46.3 Å². The first-order valence-corrected chi connectivity index (χ1v) is 17.2. The molecule has 0 aromatic carbocycles. The van der Waals surface area contributed by atoms with Gasteiger partial charge in [0.15, 0.2) is 0 Å². The number of hydrogen-bond acceptors (Lipinski definition) is 8. The maximum absolute atomic E-state index is 12.2. The van der Waals surface area contributed by atoms with Gasteiger partial charge in [-0.3, -0.25) is 13.9 Å². The number of aliphatic hydroxyl groups excluding tert-OH is 2. The van der Waals surface area contributed by atoms with Gasteiger partial charge in [-0.25, -0.2) is 4.18 Å². The average molecular weight is 596 g/mol. The topological polar surface area (TPSA) is 188 Å². The van der Waals surface area contributed by atoms with Crippen molar-refractivity contribution in [2.75, 3.05) is 12.3 Å². The molecule has 226 valence electrons. The molecule has 0 spiro atoms. The third-order valence-electron chi connectivity index (χ3n) is 11.3. The molecular formula is C26H45NO10S2. The number of rotatable bonds is 9. The van der Waals surface area contributed by atoms with Crippen LogP contribution in [0.1, 0.15) is 78.6 Å². The van der Waals surface area contributed by atoms with Crippen LogP contribution in [-0.4, -0.2) is 72.7 Å². The second kappa shape index (κ2) is 11.1. The lowest BCUT2D eigenvalue weighted by atomic mass is 9.43. The summed E-state index contributed by atoms with van der Waals surface area (Å²) in [5.41, 5.74) is -0.577. The van der Waals surface area contributed by atoms with E-state index in [1.165, 1.54) is 0 Å². The number of fused-ring (bicyclic) bond motifs is 5. The van der Waals surface area contributed by atoms with E-state index in [4.69, 9.17) is 13.3 Å². The van der Waals surface area contributed by atoms with E-state index in [0.717, 1.165) is 12.8 Å². The second-order valence-corrected chi connectivity index (χ2v) is 15.8. The third-order valence-corrected chi connectivity index (χ3v) is 12.5. The molecule has 0 radical (unpaired) electrons. The molecule has 11 atom stereocenters. The van der Waals surface area contributed by atoms with Gasteiger partial charge >= 0.3 is 10.4 Å². The highest BCUT2D eigenvalue weighted by molar-refractivity contribution is 7.85. The van der Waals surface area contributed by atoms with E-state index in [2.05, 4.69) is 26.1 Å². The van der Waals surface area contributed by atoms with Crippen molar-refractivity contribution in [1.29, 1.82) is 0 Å². The van der Waals surface area contributed by atoms with Crippen molar-refractivity contribution in [1.82, 2.24) is 5.32 Å². The molecule has 4 rings (SSSR count). The molecule has 4 aliphatic carbocycles. The Morgan fingerprint density at radius 2 is 1.72 bits per heavy atom. The Balaban J connectivity index is 1.43. The SMILES string of the molecule is C[C@H](CCC(=O)NCCS(=O)(=O)O)[C@H]1CC[C@H]2[C@@H]3[C@@H](O)C[C@@H]4C[C@H](OS(=O)(=O)O)CC[C@]4(C)[C@H]3C[C@H](O)[C@]12C. The Bertz CT molecular complexity index is 1130. The van der Waals surface area contributed by atoms with Gasteiger partial charge in [-0.2, -0.15) is 16.8 Å². The summed E-state index contributed by atoms with van der Waals surface area (Å²) in [4.78, 5) is 12.2. The lowest BCUT2D eigenvalue weighted by Gasteiger charge is -2.63. The van der Waals surface area contributed by atoms with Gasteiger partial charge in [0.1, 0.15) is 0 Å². The van der Waals surface area contributed by atoms with E-state index < -0.39 is 50.0 Å².